The number of carbonyl (C=O) groups excluding carboxylic acids is 1. The highest BCUT2D eigenvalue weighted by Crippen LogP contribution is 2.24. The quantitative estimate of drug-likeness (QED) is 0.929. The minimum Gasteiger partial charge on any atom is -0.492 e. The number of alkyl halides is 3. The van der Waals surface area contributed by atoms with E-state index in [2.05, 4.69) is 15.4 Å². The molecule has 0 saturated carbocycles. The van der Waals surface area contributed by atoms with Crippen molar-refractivity contribution in [2.24, 2.45) is 0 Å². The van der Waals surface area contributed by atoms with E-state index in [-0.39, 0.29) is 18.1 Å². The number of halogens is 3. The van der Waals surface area contributed by atoms with E-state index in [1.165, 1.54) is 18.5 Å². The summed E-state index contributed by atoms with van der Waals surface area (Å²) in [6, 6.07) is 3.10. The molecule has 0 aliphatic carbocycles. The van der Waals surface area contributed by atoms with E-state index in [0.29, 0.717) is 12.4 Å². The zero-order valence-electron chi connectivity index (χ0n) is 12.6. The summed E-state index contributed by atoms with van der Waals surface area (Å²) in [7, 11) is 0. The van der Waals surface area contributed by atoms with Gasteiger partial charge in [-0.3, -0.25) is 9.48 Å². The molecular weight excluding hydrogens is 325 g/mol. The summed E-state index contributed by atoms with van der Waals surface area (Å²) in [5, 5.41) is 6.43. The number of amides is 1. The van der Waals surface area contributed by atoms with Gasteiger partial charge in [-0.2, -0.15) is 18.3 Å². The van der Waals surface area contributed by atoms with E-state index in [4.69, 9.17) is 4.74 Å². The van der Waals surface area contributed by atoms with Crippen LogP contribution in [0.2, 0.25) is 0 Å². The summed E-state index contributed by atoms with van der Waals surface area (Å²) in [4.78, 5) is 16.2. The molecule has 3 heterocycles. The maximum absolute atomic E-state index is 12.2. The highest BCUT2D eigenvalue weighted by Gasteiger charge is 2.26. The predicted molar refractivity (Wildman–Crippen MR) is 78.9 cm³/mol. The van der Waals surface area contributed by atoms with Gasteiger partial charge in [-0.1, -0.05) is 0 Å². The van der Waals surface area contributed by atoms with Gasteiger partial charge in [0.15, 0.2) is 5.82 Å². The van der Waals surface area contributed by atoms with Crippen LogP contribution in [0.3, 0.4) is 0 Å². The molecule has 0 radical (unpaired) electrons. The third-order valence-electron chi connectivity index (χ3n) is 3.54. The van der Waals surface area contributed by atoms with Crippen LogP contribution < -0.4 is 10.1 Å². The van der Waals surface area contributed by atoms with Gasteiger partial charge >= 0.3 is 6.18 Å². The number of ether oxygens (including phenoxy) is 1. The van der Waals surface area contributed by atoms with Crippen molar-refractivity contribution in [3.63, 3.8) is 0 Å². The fourth-order valence-corrected chi connectivity index (χ4v) is 2.35. The van der Waals surface area contributed by atoms with E-state index in [0.717, 1.165) is 23.1 Å². The average molecular weight is 340 g/mol. The van der Waals surface area contributed by atoms with Gasteiger partial charge in [0.1, 0.15) is 11.4 Å². The third-order valence-corrected chi connectivity index (χ3v) is 3.54. The van der Waals surface area contributed by atoms with Crippen LogP contribution in [0.4, 0.5) is 19.0 Å². The number of hydrogen-bond donors (Lipinski definition) is 1. The SMILES string of the molecule is O=C(Nc1ccn(CCC(F)(F)F)n1)c1cc2c(cn1)OCCC2. The Bertz CT molecular complexity index is 743. The molecule has 1 N–H and O–H groups in total. The first-order valence-electron chi connectivity index (χ1n) is 7.44. The number of hydrogen-bond acceptors (Lipinski definition) is 4. The minimum absolute atomic E-state index is 0.179. The largest absolute Gasteiger partial charge is 0.492 e. The molecule has 24 heavy (non-hydrogen) atoms. The van der Waals surface area contributed by atoms with E-state index in [1.807, 2.05) is 0 Å². The number of nitrogens with zero attached hydrogens (tertiary/aromatic N) is 3. The molecule has 0 unspecified atom stereocenters. The fourth-order valence-electron chi connectivity index (χ4n) is 2.35. The Morgan fingerprint density at radius 2 is 2.25 bits per heavy atom. The van der Waals surface area contributed by atoms with Crippen LogP contribution in [0, 0.1) is 0 Å². The monoisotopic (exact) mass is 340 g/mol. The minimum atomic E-state index is -4.25. The molecule has 1 amide bonds. The molecule has 1 aliphatic rings. The van der Waals surface area contributed by atoms with Gasteiger partial charge < -0.3 is 10.1 Å². The maximum Gasteiger partial charge on any atom is 0.390 e. The van der Waals surface area contributed by atoms with Crippen LogP contribution in [-0.4, -0.2) is 33.5 Å². The Balaban J connectivity index is 1.64. The number of rotatable bonds is 4. The van der Waals surface area contributed by atoms with Crippen molar-refractivity contribution in [3.8, 4) is 5.75 Å². The smallest absolute Gasteiger partial charge is 0.390 e. The first kappa shape index (κ1) is 16.3. The maximum atomic E-state index is 12.2. The Hall–Kier alpha value is -2.58. The summed E-state index contributed by atoms with van der Waals surface area (Å²) in [6.07, 6.45) is -0.647. The second-order valence-electron chi connectivity index (χ2n) is 5.41. The molecule has 0 saturated heterocycles. The van der Waals surface area contributed by atoms with Gasteiger partial charge in [-0.25, -0.2) is 4.98 Å². The van der Waals surface area contributed by atoms with Gasteiger partial charge in [0.25, 0.3) is 5.91 Å². The molecule has 128 valence electrons. The molecular formula is C15H15F3N4O2. The zero-order valence-corrected chi connectivity index (χ0v) is 12.6. The summed E-state index contributed by atoms with van der Waals surface area (Å²) in [5.74, 6) is 0.386. The average Bonchev–Trinajstić information content (AvgIpc) is 2.99. The van der Waals surface area contributed by atoms with Crippen LogP contribution in [0.15, 0.2) is 24.5 Å². The number of carbonyl (C=O) groups is 1. The Labute approximate surface area is 135 Å². The molecule has 9 heteroatoms. The van der Waals surface area contributed by atoms with Gasteiger partial charge in [-0.05, 0) is 24.5 Å². The van der Waals surface area contributed by atoms with Crippen molar-refractivity contribution in [2.45, 2.75) is 32.0 Å². The highest BCUT2D eigenvalue weighted by atomic mass is 19.4. The number of aryl methyl sites for hydroxylation is 2. The van der Waals surface area contributed by atoms with Gasteiger partial charge in [0.05, 0.1) is 19.2 Å². The van der Waals surface area contributed by atoms with E-state index >= 15 is 0 Å². The molecule has 1 aliphatic heterocycles. The zero-order chi connectivity index (χ0) is 17.2. The number of nitrogens with one attached hydrogen (secondary N) is 1. The predicted octanol–water partition coefficient (Wildman–Crippen LogP) is 2.81. The van der Waals surface area contributed by atoms with Gasteiger partial charge in [0, 0.05) is 18.8 Å². The molecule has 0 bridgehead atoms. The summed E-state index contributed by atoms with van der Waals surface area (Å²) in [5.41, 5.74) is 1.13. The normalized spacial score (nSPS) is 14.0. The number of fused-ring (bicyclic) bond motifs is 1. The molecule has 0 atom stereocenters. The topological polar surface area (TPSA) is 69.0 Å². The number of aromatic nitrogens is 3. The fraction of sp³-hybridized carbons (Fsp3) is 0.400. The van der Waals surface area contributed by atoms with Crippen molar-refractivity contribution in [2.75, 3.05) is 11.9 Å². The van der Waals surface area contributed by atoms with Crippen molar-refractivity contribution in [1.29, 1.82) is 0 Å². The lowest BCUT2D eigenvalue weighted by atomic mass is 10.1. The van der Waals surface area contributed by atoms with Crippen molar-refractivity contribution >= 4 is 11.7 Å². The second kappa shape index (κ2) is 6.50. The van der Waals surface area contributed by atoms with E-state index < -0.39 is 18.5 Å². The number of anilines is 1. The standard InChI is InChI=1S/C15H15F3N4O2/c16-15(17,18)4-6-22-5-3-13(21-22)20-14(23)11-8-10-2-1-7-24-12(10)9-19-11/h3,5,8-9H,1-2,4,6-7H2,(H,20,21,23). The van der Waals surface area contributed by atoms with Crippen LogP contribution in [0.25, 0.3) is 0 Å². The Morgan fingerprint density at radius 3 is 3.04 bits per heavy atom. The van der Waals surface area contributed by atoms with Crippen LogP contribution in [-0.2, 0) is 13.0 Å². The van der Waals surface area contributed by atoms with Gasteiger partial charge in [0.2, 0.25) is 0 Å². The Morgan fingerprint density at radius 1 is 1.42 bits per heavy atom. The van der Waals surface area contributed by atoms with Crippen molar-refractivity contribution in [1.82, 2.24) is 14.8 Å². The van der Waals surface area contributed by atoms with Crippen molar-refractivity contribution < 1.29 is 22.7 Å². The Kier molecular flexibility index (Phi) is 4.41. The molecule has 0 aromatic carbocycles. The summed E-state index contributed by atoms with van der Waals surface area (Å²) < 4.78 is 43.1. The summed E-state index contributed by atoms with van der Waals surface area (Å²) >= 11 is 0. The first-order chi connectivity index (χ1) is 11.4. The first-order valence-corrected chi connectivity index (χ1v) is 7.44. The molecule has 6 nitrogen and oxygen atoms in total. The molecule has 2 aromatic rings. The summed E-state index contributed by atoms with van der Waals surface area (Å²) in [6.45, 7) is 0.337. The lowest BCUT2D eigenvalue weighted by Gasteiger charge is -2.16. The lowest BCUT2D eigenvalue weighted by molar-refractivity contribution is -0.137. The number of pyridine rings is 1. The molecule has 3 rings (SSSR count). The third kappa shape index (κ3) is 4.03. The molecule has 0 spiro atoms. The highest BCUT2D eigenvalue weighted by molar-refractivity contribution is 6.02. The van der Waals surface area contributed by atoms with E-state index in [9.17, 15) is 18.0 Å². The lowest BCUT2D eigenvalue weighted by Crippen LogP contribution is -2.17. The van der Waals surface area contributed by atoms with Crippen LogP contribution in [0.1, 0.15) is 28.9 Å². The molecule has 2 aromatic heterocycles. The van der Waals surface area contributed by atoms with Crippen molar-refractivity contribution in [3.05, 3.63) is 35.8 Å². The van der Waals surface area contributed by atoms with Crippen LogP contribution in [0.5, 0.6) is 5.75 Å². The van der Waals surface area contributed by atoms with E-state index in [1.54, 1.807) is 6.07 Å². The van der Waals surface area contributed by atoms with Gasteiger partial charge in [-0.15, -0.1) is 0 Å². The van der Waals surface area contributed by atoms with Crippen LogP contribution >= 0.6 is 0 Å². The molecule has 0 fully saturated rings. The second-order valence-corrected chi connectivity index (χ2v) is 5.41.